The van der Waals surface area contributed by atoms with Gasteiger partial charge in [-0.1, -0.05) is 31.5 Å². The van der Waals surface area contributed by atoms with E-state index in [0.717, 1.165) is 37.5 Å². The Balaban J connectivity index is 0.000000176. The molecule has 0 N–H and O–H groups in total. The van der Waals surface area contributed by atoms with Crippen LogP contribution in [0.3, 0.4) is 0 Å². The van der Waals surface area contributed by atoms with E-state index in [4.69, 9.17) is 14.2 Å². The fourth-order valence-corrected chi connectivity index (χ4v) is 5.86. The monoisotopic (exact) mass is 753 g/mol. The van der Waals surface area contributed by atoms with Gasteiger partial charge < -0.3 is 19.1 Å². The number of carbonyl (C=O) groups excluding carboxylic acids is 2. The normalized spacial score (nSPS) is 14.4. The average molecular weight is 754 g/mol. The second-order valence-corrected chi connectivity index (χ2v) is 12.8. The number of rotatable bonds is 7. The number of ether oxygens (including phenoxy) is 3. The molecule has 2 fully saturated rings. The summed E-state index contributed by atoms with van der Waals surface area (Å²) >= 11 is 0. The van der Waals surface area contributed by atoms with Crippen LogP contribution in [0.4, 0.5) is 21.0 Å². The number of para-hydroxylation sites is 1. The fraction of sp³-hybridized carbons (Fsp3) is 0.333. The number of amides is 1. The van der Waals surface area contributed by atoms with Crippen LogP contribution in [0.5, 0.6) is 5.75 Å². The summed E-state index contributed by atoms with van der Waals surface area (Å²) in [5.41, 5.74) is 2.52. The van der Waals surface area contributed by atoms with Crippen molar-refractivity contribution in [2.45, 2.75) is 45.1 Å². The highest BCUT2D eigenvalue weighted by Crippen LogP contribution is 2.23. The summed E-state index contributed by atoms with van der Waals surface area (Å²) in [5.74, 6) is 1.40. The minimum atomic E-state index is -0.586. The maximum Gasteiger partial charge on any atom is 0.424 e. The first-order valence-corrected chi connectivity index (χ1v) is 17.9. The van der Waals surface area contributed by atoms with Crippen molar-refractivity contribution in [3.8, 4) is 28.3 Å². The first-order chi connectivity index (χ1) is 26.6. The molecule has 2 aliphatic rings. The highest BCUT2D eigenvalue weighted by atomic mass is 16.6. The largest absolute Gasteiger partial charge is 0.424 e. The summed E-state index contributed by atoms with van der Waals surface area (Å²) in [4.78, 5) is 55.0. The second-order valence-electron chi connectivity index (χ2n) is 12.8. The van der Waals surface area contributed by atoms with Crippen LogP contribution in [-0.4, -0.2) is 85.5 Å². The zero-order valence-corrected chi connectivity index (χ0v) is 30.6. The molecule has 3 aromatic carbocycles. The number of nitrogens with zero attached hydrogens (tertiary/aromatic N) is 7. The molecule has 16 nitrogen and oxygen atoms in total. The SMILES string of the molecule is CCC1CCOCC1.CN(C(=O)n1cnc(-c2ccc([N+](=O)[O-])cc2)c1)C1CCOCC1.O=C(Oc1ccccc1)n1cnc(-c2ccc([N+](=O)[O-])cc2)c1. The number of aromatic nitrogens is 4. The van der Waals surface area contributed by atoms with E-state index in [1.807, 2.05) is 6.07 Å². The molecule has 4 heterocycles. The van der Waals surface area contributed by atoms with Crippen LogP contribution < -0.4 is 4.74 Å². The van der Waals surface area contributed by atoms with Crippen LogP contribution in [-0.2, 0) is 9.47 Å². The molecule has 5 aromatic rings. The van der Waals surface area contributed by atoms with E-state index < -0.39 is 15.9 Å². The number of benzene rings is 3. The molecule has 2 saturated heterocycles. The molecule has 0 spiro atoms. The van der Waals surface area contributed by atoms with Gasteiger partial charge in [0.25, 0.3) is 11.4 Å². The predicted octanol–water partition coefficient (Wildman–Crippen LogP) is 7.87. The molecular weight excluding hydrogens is 710 g/mol. The molecule has 16 heteroatoms. The Morgan fingerprint density at radius 1 is 0.745 bits per heavy atom. The van der Waals surface area contributed by atoms with Crippen LogP contribution in [0.2, 0.25) is 0 Å². The number of nitro benzene ring substituents is 2. The van der Waals surface area contributed by atoms with Crippen LogP contribution in [0.15, 0.2) is 104 Å². The fourth-order valence-electron chi connectivity index (χ4n) is 5.86. The van der Waals surface area contributed by atoms with Gasteiger partial charge in [0.15, 0.2) is 0 Å². The van der Waals surface area contributed by atoms with Crippen molar-refractivity contribution in [2.24, 2.45) is 5.92 Å². The van der Waals surface area contributed by atoms with Crippen LogP contribution in [0.1, 0.15) is 39.0 Å². The molecule has 0 unspecified atom stereocenters. The van der Waals surface area contributed by atoms with E-state index in [1.54, 1.807) is 66.7 Å². The molecule has 7 rings (SSSR count). The molecule has 0 aliphatic carbocycles. The van der Waals surface area contributed by atoms with Gasteiger partial charge in [0.05, 0.1) is 21.2 Å². The number of non-ortho nitro benzene ring substituents is 2. The quantitative estimate of drug-likeness (QED) is 0.116. The summed E-state index contributed by atoms with van der Waals surface area (Å²) in [7, 11) is 1.78. The third-order valence-electron chi connectivity index (χ3n) is 9.25. The highest BCUT2D eigenvalue weighted by molar-refractivity contribution is 5.78. The second kappa shape index (κ2) is 19.7. The third kappa shape index (κ3) is 11.4. The predicted molar refractivity (Wildman–Crippen MR) is 203 cm³/mol. The molecule has 288 valence electrons. The van der Waals surface area contributed by atoms with E-state index in [-0.39, 0.29) is 23.4 Å². The number of imidazole rings is 2. The molecule has 0 bridgehead atoms. The Hall–Kier alpha value is -6.26. The van der Waals surface area contributed by atoms with E-state index in [2.05, 4.69) is 16.9 Å². The number of hydrogen-bond acceptors (Lipinski definition) is 11. The summed E-state index contributed by atoms with van der Waals surface area (Å²) in [6, 6.07) is 20.7. The number of hydrogen-bond donors (Lipinski definition) is 0. The highest BCUT2D eigenvalue weighted by Gasteiger charge is 2.24. The van der Waals surface area contributed by atoms with Gasteiger partial charge in [-0.05, 0) is 68.0 Å². The molecule has 0 saturated carbocycles. The number of nitro groups is 2. The van der Waals surface area contributed by atoms with Crippen molar-refractivity contribution in [2.75, 3.05) is 33.5 Å². The van der Waals surface area contributed by atoms with Gasteiger partial charge in [0, 0.05) is 87.3 Å². The van der Waals surface area contributed by atoms with Gasteiger partial charge in [-0.15, -0.1) is 0 Å². The Morgan fingerprint density at radius 2 is 1.22 bits per heavy atom. The van der Waals surface area contributed by atoms with Crippen molar-refractivity contribution < 1.29 is 33.6 Å². The molecule has 55 heavy (non-hydrogen) atoms. The molecular formula is C39H43N7O9. The maximum atomic E-state index is 12.6. The summed E-state index contributed by atoms with van der Waals surface area (Å²) < 4.78 is 18.4. The lowest BCUT2D eigenvalue weighted by Crippen LogP contribution is -2.42. The maximum absolute atomic E-state index is 12.6. The smallest absolute Gasteiger partial charge is 0.410 e. The minimum absolute atomic E-state index is 0.00308. The Kier molecular flexibility index (Phi) is 14.3. The van der Waals surface area contributed by atoms with Gasteiger partial charge in [-0.25, -0.2) is 24.1 Å². The van der Waals surface area contributed by atoms with Crippen molar-refractivity contribution >= 4 is 23.5 Å². The molecule has 0 radical (unpaired) electrons. The zero-order chi connectivity index (χ0) is 39.2. The van der Waals surface area contributed by atoms with Gasteiger partial charge >= 0.3 is 12.1 Å². The summed E-state index contributed by atoms with van der Waals surface area (Å²) in [5, 5.41) is 21.3. The molecule has 1 amide bonds. The summed E-state index contributed by atoms with van der Waals surface area (Å²) in [6.07, 6.45) is 10.9. The summed E-state index contributed by atoms with van der Waals surface area (Å²) in [6.45, 7) is 5.59. The third-order valence-corrected chi connectivity index (χ3v) is 9.25. The average Bonchev–Trinajstić information content (AvgIpc) is 3.94. The van der Waals surface area contributed by atoms with Gasteiger partial charge in [0.2, 0.25) is 0 Å². The Labute approximate surface area is 317 Å². The zero-order valence-electron chi connectivity index (χ0n) is 30.6. The Bertz CT molecular complexity index is 2000. The van der Waals surface area contributed by atoms with Crippen molar-refractivity contribution in [1.29, 1.82) is 0 Å². The Morgan fingerprint density at radius 3 is 1.69 bits per heavy atom. The van der Waals surface area contributed by atoms with Crippen LogP contribution in [0.25, 0.3) is 22.5 Å². The first-order valence-electron chi connectivity index (χ1n) is 17.9. The van der Waals surface area contributed by atoms with Crippen LogP contribution >= 0.6 is 0 Å². The van der Waals surface area contributed by atoms with E-state index in [9.17, 15) is 29.8 Å². The van der Waals surface area contributed by atoms with Gasteiger partial charge in [0.1, 0.15) is 18.4 Å². The molecule has 0 atom stereocenters. The lowest BCUT2D eigenvalue weighted by molar-refractivity contribution is -0.385. The van der Waals surface area contributed by atoms with E-state index in [1.165, 1.54) is 71.5 Å². The lowest BCUT2D eigenvalue weighted by Gasteiger charge is -2.30. The van der Waals surface area contributed by atoms with Gasteiger partial charge in [-0.3, -0.25) is 24.8 Å². The molecule has 2 aromatic heterocycles. The lowest BCUT2D eigenvalue weighted by atomic mass is 9.98. The van der Waals surface area contributed by atoms with E-state index in [0.29, 0.717) is 35.9 Å². The first kappa shape index (κ1) is 39.9. The topological polar surface area (TPSA) is 187 Å². The van der Waals surface area contributed by atoms with E-state index >= 15 is 0 Å². The van der Waals surface area contributed by atoms with Crippen molar-refractivity contribution in [3.63, 3.8) is 0 Å². The van der Waals surface area contributed by atoms with Crippen molar-refractivity contribution in [3.05, 3.63) is 124 Å². The van der Waals surface area contributed by atoms with Crippen LogP contribution in [0, 0.1) is 26.1 Å². The minimum Gasteiger partial charge on any atom is -0.410 e. The molecule has 2 aliphatic heterocycles. The van der Waals surface area contributed by atoms with Gasteiger partial charge in [-0.2, -0.15) is 0 Å². The standard InChI is InChI=1S/C16H18N4O4.C16H11N3O4.C7H14O/c1-18(13-6-8-24-9-7-13)16(21)19-10-15(17-11-19)12-2-4-14(5-3-12)20(22)23;20-16(23-14-4-2-1-3-5-14)18-10-15(17-11-18)12-6-8-13(9-7-12)19(21)22;1-2-7-3-5-8-6-4-7/h2-5,10-11,13H,6-9H2,1H3;1-11H;7H,2-6H2,1H3. The number of carbonyl (C=O) groups is 2. The van der Waals surface area contributed by atoms with Crippen molar-refractivity contribution in [1.82, 2.24) is 24.0 Å².